The molecule has 0 fully saturated rings. The Labute approximate surface area is 76.0 Å². The van der Waals surface area contributed by atoms with Gasteiger partial charge in [-0.15, -0.1) is 0 Å². The summed E-state index contributed by atoms with van der Waals surface area (Å²) in [5.74, 6) is 0. The van der Waals surface area contributed by atoms with Crippen LogP contribution in [0.25, 0.3) is 0 Å². The topological polar surface area (TPSA) is 34.9 Å². The molecule has 0 saturated carbocycles. The first-order valence-corrected chi connectivity index (χ1v) is 4.35. The Hall–Kier alpha value is -0.830. The van der Waals surface area contributed by atoms with Crippen molar-refractivity contribution in [3.05, 3.63) is 27.6 Å². The molecule has 0 aromatic carbocycles. The summed E-state index contributed by atoms with van der Waals surface area (Å²) < 4.78 is 1.39. The van der Waals surface area contributed by atoms with Gasteiger partial charge in [0.1, 0.15) is 5.02 Å². The summed E-state index contributed by atoms with van der Waals surface area (Å²) in [5.41, 5.74) is -0.201. The van der Waals surface area contributed by atoms with Gasteiger partial charge in [-0.3, -0.25) is 4.79 Å². The van der Waals surface area contributed by atoms with Gasteiger partial charge in [0, 0.05) is 12.7 Å². The van der Waals surface area contributed by atoms with E-state index in [9.17, 15) is 4.79 Å². The van der Waals surface area contributed by atoms with Crippen molar-refractivity contribution in [2.45, 2.75) is 26.3 Å². The minimum Gasteiger partial charge on any atom is -0.266 e. The standard InChI is InChI=1S/C8H11ClN2O/c1-2-3-6-11-8(12)7(9)4-5-10-11/h4-5H,2-3,6H2,1H3. The third-order valence-electron chi connectivity index (χ3n) is 1.59. The van der Waals surface area contributed by atoms with Gasteiger partial charge in [0.2, 0.25) is 0 Å². The van der Waals surface area contributed by atoms with Gasteiger partial charge in [-0.25, -0.2) is 4.68 Å². The van der Waals surface area contributed by atoms with Crippen LogP contribution in [0.15, 0.2) is 17.1 Å². The number of nitrogens with zero attached hydrogens (tertiary/aromatic N) is 2. The van der Waals surface area contributed by atoms with Gasteiger partial charge in [-0.05, 0) is 12.5 Å². The molecule has 0 amide bonds. The summed E-state index contributed by atoms with van der Waals surface area (Å²) >= 11 is 5.62. The fourth-order valence-electron chi connectivity index (χ4n) is 0.893. The smallest absolute Gasteiger partial charge is 0.266 e. The fourth-order valence-corrected chi connectivity index (χ4v) is 1.05. The van der Waals surface area contributed by atoms with Crippen molar-refractivity contribution in [2.24, 2.45) is 0 Å². The van der Waals surface area contributed by atoms with E-state index in [2.05, 4.69) is 12.0 Å². The molecule has 0 N–H and O–H groups in total. The van der Waals surface area contributed by atoms with Crippen LogP contribution in [0.1, 0.15) is 19.8 Å². The minimum atomic E-state index is -0.201. The molecule has 12 heavy (non-hydrogen) atoms. The highest BCUT2D eigenvalue weighted by atomic mass is 35.5. The summed E-state index contributed by atoms with van der Waals surface area (Å²) in [6.45, 7) is 2.71. The molecule has 3 nitrogen and oxygen atoms in total. The molecule has 66 valence electrons. The molecular weight excluding hydrogens is 176 g/mol. The molecule has 0 aliphatic rings. The van der Waals surface area contributed by atoms with E-state index in [1.165, 1.54) is 10.7 Å². The van der Waals surface area contributed by atoms with Crippen LogP contribution in [-0.2, 0) is 6.54 Å². The monoisotopic (exact) mass is 186 g/mol. The molecule has 0 bridgehead atoms. The molecule has 0 radical (unpaired) electrons. The van der Waals surface area contributed by atoms with Gasteiger partial charge in [-0.1, -0.05) is 24.9 Å². The molecule has 4 heteroatoms. The average Bonchev–Trinajstić information content (AvgIpc) is 2.08. The Bertz CT molecular complexity index is 308. The lowest BCUT2D eigenvalue weighted by Gasteiger charge is -2.01. The predicted molar refractivity (Wildman–Crippen MR) is 48.4 cm³/mol. The zero-order valence-electron chi connectivity index (χ0n) is 6.96. The maximum atomic E-state index is 11.2. The predicted octanol–water partition coefficient (Wildman–Crippen LogP) is 1.70. The second-order valence-electron chi connectivity index (χ2n) is 2.56. The van der Waals surface area contributed by atoms with Gasteiger partial charge >= 0.3 is 0 Å². The van der Waals surface area contributed by atoms with Gasteiger partial charge in [0.25, 0.3) is 5.56 Å². The Morgan fingerprint density at radius 2 is 2.42 bits per heavy atom. The van der Waals surface area contributed by atoms with Crippen LogP contribution in [0.4, 0.5) is 0 Å². The molecule has 0 aliphatic heterocycles. The largest absolute Gasteiger partial charge is 0.285 e. The first-order valence-electron chi connectivity index (χ1n) is 3.97. The normalized spacial score (nSPS) is 10.2. The highest BCUT2D eigenvalue weighted by Crippen LogP contribution is 1.97. The molecule has 0 atom stereocenters. The van der Waals surface area contributed by atoms with E-state index in [1.54, 1.807) is 6.20 Å². The van der Waals surface area contributed by atoms with Crippen molar-refractivity contribution < 1.29 is 0 Å². The summed E-state index contributed by atoms with van der Waals surface area (Å²) in [5, 5.41) is 4.13. The number of halogens is 1. The molecule has 1 aromatic heterocycles. The highest BCUT2D eigenvalue weighted by molar-refractivity contribution is 6.30. The molecule has 0 aliphatic carbocycles. The third-order valence-corrected chi connectivity index (χ3v) is 1.88. The lowest BCUT2D eigenvalue weighted by Crippen LogP contribution is -2.22. The Kier molecular flexibility index (Phi) is 3.29. The third kappa shape index (κ3) is 2.08. The molecule has 1 heterocycles. The van der Waals surface area contributed by atoms with Crippen LogP contribution in [0.2, 0.25) is 5.02 Å². The number of hydrogen-bond acceptors (Lipinski definition) is 2. The van der Waals surface area contributed by atoms with Crippen molar-refractivity contribution in [3.63, 3.8) is 0 Å². The fraction of sp³-hybridized carbons (Fsp3) is 0.500. The van der Waals surface area contributed by atoms with E-state index in [1.807, 2.05) is 0 Å². The summed E-state index contributed by atoms with van der Waals surface area (Å²) in [4.78, 5) is 11.2. The molecule has 0 saturated heterocycles. The lowest BCUT2D eigenvalue weighted by molar-refractivity contribution is 0.543. The molecule has 0 spiro atoms. The van der Waals surface area contributed by atoms with E-state index in [0.29, 0.717) is 6.54 Å². The van der Waals surface area contributed by atoms with Crippen molar-refractivity contribution in [1.29, 1.82) is 0 Å². The minimum absolute atomic E-state index is 0.201. The number of aromatic nitrogens is 2. The van der Waals surface area contributed by atoms with E-state index in [0.717, 1.165) is 12.8 Å². The van der Waals surface area contributed by atoms with Crippen LogP contribution in [-0.4, -0.2) is 9.78 Å². The second kappa shape index (κ2) is 4.26. The molecule has 0 unspecified atom stereocenters. The van der Waals surface area contributed by atoms with Crippen molar-refractivity contribution in [2.75, 3.05) is 0 Å². The lowest BCUT2D eigenvalue weighted by atomic mass is 10.3. The van der Waals surface area contributed by atoms with Crippen LogP contribution < -0.4 is 5.56 Å². The zero-order valence-corrected chi connectivity index (χ0v) is 7.71. The summed E-state index contributed by atoms with van der Waals surface area (Å²) in [6, 6.07) is 1.51. The Morgan fingerprint density at radius 3 is 3.08 bits per heavy atom. The number of rotatable bonds is 3. The maximum absolute atomic E-state index is 11.2. The Morgan fingerprint density at radius 1 is 1.67 bits per heavy atom. The first kappa shape index (κ1) is 9.26. The zero-order chi connectivity index (χ0) is 8.97. The van der Waals surface area contributed by atoms with Gasteiger partial charge in [-0.2, -0.15) is 5.10 Å². The highest BCUT2D eigenvalue weighted by Gasteiger charge is 1.99. The Balaban J connectivity index is 2.85. The van der Waals surface area contributed by atoms with Crippen LogP contribution in [0.3, 0.4) is 0 Å². The summed E-state index contributed by atoms with van der Waals surface area (Å²) in [7, 11) is 0. The van der Waals surface area contributed by atoms with E-state index in [4.69, 9.17) is 11.6 Å². The molecule has 1 rings (SSSR count). The van der Waals surface area contributed by atoms with Crippen molar-refractivity contribution in [3.8, 4) is 0 Å². The van der Waals surface area contributed by atoms with Crippen molar-refractivity contribution in [1.82, 2.24) is 9.78 Å². The van der Waals surface area contributed by atoms with Gasteiger partial charge < -0.3 is 0 Å². The van der Waals surface area contributed by atoms with Gasteiger partial charge in [0.05, 0.1) is 0 Å². The first-order chi connectivity index (χ1) is 5.75. The van der Waals surface area contributed by atoms with Crippen LogP contribution in [0.5, 0.6) is 0 Å². The van der Waals surface area contributed by atoms with Crippen LogP contribution in [0, 0.1) is 0 Å². The maximum Gasteiger partial charge on any atom is 0.285 e. The van der Waals surface area contributed by atoms with E-state index < -0.39 is 0 Å². The molecular formula is C8H11ClN2O. The molecule has 1 aromatic rings. The van der Waals surface area contributed by atoms with E-state index in [-0.39, 0.29) is 10.6 Å². The number of unbranched alkanes of at least 4 members (excludes halogenated alkanes) is 1. The van der Waals surface area contributed by atoms with Gasteiger partial charge in [0.15, 0.2) is 0 Å². The van der Waals surface area contributed by atoms with E-state index >= 15 is 0 Å². The SMILES string of the molecule is CCCCn1nccc(Cl)c1=O. The number of aryl methyl sites for hydroxylation is 1. The van der Waals surface area contributed by atoms with Crippen molar-refractivity contribution >= 4 is 11.6 Å². The van der Waals surface area contributed by atoms with Crippen LogP contribution >= 0.6 is 11.6 Å². The second-order valence-corrected chi connectivity index (χ2v) is 2.97. The quantitative estimate of drug-likeness (QED) is 0.720. The summed E-state index contributed by atoms with van der Waals surface area (Å²) in [6.07, 6.45) is 3.53. The average molecular weight is 187 g/mol. The number of hydrogen-bond donors (Lipinski definition) is 0.